The summed E-state index contributed by atoms with van der Waals surface area (Å²) in [5.74, 6) is 0.406. The minimum absolute atomic E-state index is 0.119. The van der Waals surface area contributed by atoms with E-state index in [1.54, 1.807) is 6.92 Å². The van der Waals surface area contributed by atoms with Gasteiger partial charge in [0.15, 0.2) is 0 Å². The Labute approximate surface area is 73.8 Å². The van der Waals surface area contributed by atoms with Crippen molar-refractivity contribution >= 4 is 0 Å². The van der Waals surface area contributed by atoms with Crippen LogP contribution in [0.3, 0.4) is 0 Å². The molecule has 3 heteroatoms. The highest BCUT2D eigenvalue weighted by atomic mass is 16.3. The van der Waals surface area contributed by atoms with E-state index in [2.05, 4.69) is 5.32 Å². The molecule has 1 rings (SSSR count). The molecular weight excluding hydrogens is 154 g/mol. The van der Waals surface area contributed by atoms with Crippen molar-refractivity contribution < 1.29 is 10.2 Å². The van der Waals surface area contributed by atoms with E-state index in [1.165, 1.54) is 0 Å². The topological polar surface area (TPSA) is 52.5 Å². The molecule has 0 aromatic heterocycles. The van der Waals surface area contributed by atoms with Crippen LogP contribution in [0.5, 0.6) is 0 Å². The largest absolute Gasteiger partial charge is 0.393 e. The van der Waals surface area contributed by atoms with Crippen LogP contribution in [0.25, 0.3) is 0 Å². The summed E-state index contributed by atoms with van der Waals surface area (Å²) in [4.78, 5) is 0. The zero-order valence-electron chi connectivity index (χ0n) is 7.66. The summed E-state index contributed by atoms with van der Waals surface area (Å²) in [5.41, 5.74) is 0. The van der Waals surface area contributed by atoms with E-state index in [1.807, 2.05) is 0 Å². The first-order valence-electron chi connectivity index (χ1n) is 4.77. The van der Waals surface area contributed by atoms with Crippen LogP contribution in [0.4, 0.5) is 0 Å². The number of rotatable bonds is 4. The summed E-state index contributed by atoms with van der Waals surface area (Å²) in [6, 6.07) is 0. The molecule has 1 saturated carbocycles. The Morgan fingerprint density at radius 3 is 2.75 bits per heavy atom. The summed E-state index contributed by atoms with van der Waals surface area (Å²) >= 11 is 0. The third-order valence-electron chi connectivity index (χ3n) is 2.47. The molecular formula is C9H19NO2. The zero-order chi connectivity index (χ0) is 8.97. The minimum atomic E-state index is -0.288. The second kappa shape index (κ2) is 4.80. The fourth-order valence-corrected chi connectivity index (χ4v) is 1.73. The second-order valence-corrected chi connectivity index (χ2v) is 3.77. The van der Waals surface area contributed by atoms with Crippen molar-refractivity contribution in [3.05, 3.63) is 0 Å². The molecule has 0 aromatic rings. The summed E-state index contributed by atoms with van der Waals surface area (Å²) in [6.45, 7) is 3.23. The van der Waals surface area contributed by atoms with Crippen LogP contribution in [0, 0.1) is 5.92 Å². The standard InChI is InChI=1S/C9H19NO2/c1-7(11)5-10-6-8-3-2-4-9(8)12/h7-12H,2-6H2,1H3/t7-,8?,9?/m0/s1. The maximum Gasteiger partial charge on any atom is 0.0636 e. The molecule has 0 spiro atoms. The molecule has 0 amide bonds. The van der Waals surface area contributed by atoms with Crippen molar-refractivity contribution in [2.24, 2.45) is 5.92 Å². The van der Waals surface area contributed by atoms with Crippen molar-refractivity contribution in [1.82, 2.24) is 5.32 Å². The smallest absolute Gasteiger partial charge is 0.0636 e. The predicted octanol–water partition coefficient (Wildman–Crippen LogP) is 0.118. The van der Waals surface area contributed by atoms with Gasteiger partial charge in [0.2, 0.25) is 0 Å². The van der Waals surface area contributed by atoms with Crippen molar-refractivity contribution in [3.8, 4) is 0 Å². The van der Waals surface area contributed by atoms with E-state index in [9.17, 15) is 5.11 Å². The average molecular weight is 173 g/mol. The first kappa shape index (κ1) is 9.96. The lowest BCUT2D eigenvalue weighted by molar-refractivity contribution is 0.126. The maximum atomic E-state index is 9.45. The van der Waals surface area contributed by atoms with Gasteiger partial charge >= 0.3 is 0 Å². The highest BCUT2D eigenvalue weighted by Gasteiger charge is 2.24. The van der Waals surface area contributed by atoms with Gasteiger partial charge in [0, 0.05) is 13.1 Å². The first-order valence-corrected chi connectivity index (χ1v) is 4.77. The van der Waals surface area contributed by atoms with Crippen molar-refractivity contribution in [2.75, 3.05) is 13.1 Å². The fraction of sp³-hybridized carbons (Fsp3) is 1.00. The Hall–Kier alpha value is -0.120. The van der Waals surface area contributed by atoms with Crippen LogP contribution in [0.1, 0.15) is 26.2 Å². The van der Waals surface area contributed by atoms with Gasteiger partial charge in [-0.1, -0.05) is 6.42 Å². The number of hydrogen-bond acceptors (Lipinski definition) is 3. The monoisotopic (exact) mass is 173 g/mol. The number of aliphatic hydroxyl groups is 2. The van der Waals surface area contributed by atoms with E-state index in [-0.39, 0.29) is 12.2 Å². The molecule has 0 aliphatic heterocycles. The molecule has 3 nitrogen and oxygen atoms in total. The first-order chi connectivity index (χ1) is 5.70. The Morgan fingerprint density at radius 1 is 1.50 bits per heavy atom. The molecule has 1 aliphatic carbocycles. The van der Waals surface area contributed by atoms with Crippen molar-refractivity contribution in [3.63, 3.8) is 0 Å². The lowest BCUT2D eigenvalue weighted by Gasteiger charge is -2.15. The van der Waals surface area contributed by atoms with Gasteiger partial charge in [-0.2, -0.15) is 0 Å². The molecule has 1 fully saturated rings. The van der Waals surface area contributed by atoms with Gasteiger partial charge < -0.3 is 15.5 Å². The normalized spacial score (nSPS) is 32.2. The van der Waals surface area contributed by atoms with Crippen LogP contribution in [0.15, 0.2) is 0 Å². The molecule has 0 aromatic carbocycles. The van der Waals surface area contributed by atoms with Gasteiger partial charge in [-0.25, -0.2) is 0 Å². The molecule has 0 radical (unpaired) electrons. The van der Waals surface area contributed by atoms with E-state index >= 15 is 0 Å². The van der Waals surface area contributed by atoms with Crippen LogP contribution < -0.4 is 5.32 Å². The molecule has 1 aliphatic rings. The van der Waals surface area contributed by atoms with Crippen LogP contribution in [0.2, 0.25) is 0 Å². The van der Waals surface area contributed by atoms with Crippen LogP contribution >= 0.6 is 0 Å². The molecule has 3 N–H and O–H groups in total. The summed E-state index contributed by atoms with van der Waals surface area (Å²) in [7, 11) is 0. The minimum Gasteiger partial charge on any atom is -0.393 e. The lowest BCUT2D eigenvalue weighted by atomic mass is 10.1. The quantitative estimate of drug-likeness (QED) is 0.566. The Morgan fingerprint density at radius 2 is 2.25 bits per heavy atom. The third-order valence-corrected chi connectivity index (χ3v) is 2.47. The zero-order valence-corrected chi connectivity index (χ0v) is 7.66. The van der Waals surface area contributed by atoms with Gasteiger partial charge in [0.05, 0.1) is 12.2 Å². The van der Waals surface area contributed by atoms with Gasteiger partial charge in [-0.3, -0.25) is 0 Å². The van der Waals surface area contributed by atoms with Crippen LogP contribution in [-0.4, -0.2) is 35.5 Å². The van der Waals surface area contributed by atoms with E-state index in [4.69, 9.17) is 5.11 Å². The van der Waals surface area contributed by atoms with E-state index < -0.39 is 0 Å². The van der Waals surface area contributed by atoms with E-state index in [0.29, 0.717) is 12.5 Å². The molecule has 0 bridgehead atoms. The SMILES string of the molecule is C[C@H](O)CNCC1CCCC1O. The lowest BCUT2D eigenvalue weighted by Crippen LogP contribution is -2.32. The molecule has 72 valence electrons. The van der Waals surface area contributed by atoms with E-state index in [0.717, 1.165) is 25.8 Å². The number of hydrogen-bond donors (Lipinski definition) is 3. The second-order valence-electron chi connectivity index (χ2n) is 3.77. The average Bonchev–Trinajstić information content (AvgIpc) is 2.36. The molecule has 0 saturated heterocycles. The number of aliphatic hydroxyl groups excluding tert-OH is 2. The van der Waals surface area contributed by atoms with Gasteiger partial charge in [0.25, 0.3) is 0 Å². The predicted molar refractivity (Wildman–Crippen MR) is 47.9 cm³/mol. The summed E-state index contributed by atoms with van der Waals surface area (Å²) in [6.07, 6.45) is 2.80. The van der Waals surface area contributed by atoms with Gasteiger partial charge in [-0.05, 0) is 25.7 Å². The number of nitrogens with one attached hydrogen (secondary N) is 1. The molecule has 2 unspecified atom stereocenters. The Kier molecular flexibility index (Phi) is 3.98. The fourth-order valence-electron chi connectivity index (χ4n) is 1.73. The Bertz CT molecular complexity index is 128. The van der Waals surface area contributed by atoms with Gasteiger partial charge in [-0.15, -0.1) is 0 Å². The highest BCUT2D eigenvalue weighted by molar-refractivity contribution is 4.78. The van der Waals surface area contributed by atoms with Gasteiger partial charge in [0.1, 0.15) is 0 Å². The van der Waals surface area contributed by atoms with Crippen molar-refractivity contribution in [1.29, 1.82) is 0 Å². The van der Waals surface area contributed by atoms with Crippen molar-refractivity contribution in [2.45, 2.75) is 38.4 Å². The summed E-state index contributed by atoms with van der Waals surface area (Å²) < 4.78 is 0. The molecule has 12 heavy (non-hydrogen) atoms. The molecule has 0 heterocycles. The Balaban J connectivity index is 2.06. The summed E-state index contributed by atoms with van der Waals surface area (Å²) in [5, 5.41) is 21.6. The third kappa shape index (κ3) is 3.09. The maximum absolute atomic E-state index is 9.45. The van der Waals surface area contributed by atoms with Crippen LogP contribution in [-0.2, 0) is 0 Å². The molecule has 3 atom stereocenters. The highest BCUT2D eigenvalue weighted by Crippen LogP contribution is 2.24.